The molecule has 0 aliphatic carbocycles. The van der Waals surface area contributed by atoms with Gasteiger partial charge in [-0.3, -0.25) is 9.59 Å². The van der Waals surface area contributed by atoms with Crippen LogP contribution < -0.4 is 10.2 Å². The highest BCUT2D eigenvalue weighted by atomic mass is 16.5. The Labute approximate surface area is 129 Å². The molecule has 2 heterocycles. The molecule has 1 aromatic carbocycles. The highest BCUT2D eigenvalue weighted by Crippen LogP contribution is 2.27. The Morgan fingerprint density at radius 3 is 3.00 bits per heavy atom. The van der Waals surface area contributed by atoms with E-state index in [1.807, 2.05) is 31.2 Å². The largest absolute Gasteiger partial charge is 0.376 e. The highest BCUT2D eigenvalue weighted by molar-refractivity contribution is 6.40. The first kappa shape index (κ1) is 15.0. The zero-order chi connectivity index (χ0) is 15.5. The summed E-state index contributed by atoms with van der Waals surface area (Å²) in [5.41, 5.74) is 1.92. The van der Waals surface area contributed by atoms with Crippen LogP contribution in [0.1, 0.15) is 12.5 Å². The predicted molar refractivity (Wildman–Crippen MR) is 80.7 cm³/mol. The van der Waals surface area contributed by atoms with E-state index >= 15 is 0 Å². The summed E-state index contributed by atoms with van der Waals surface area (Å²) in [6.45, 7) is 3.80. The number of carbonyl (C=O) groups is 2. The Bertz CT molecular complexity index is 575. The van der Waals surface area contributed by atoms with E-state index in [0.29, 0.717) is 26.4 Å². The molecule has 6 heteroatoms. The van der Waals surface area contributed by atoms with Gasteiger partial charge in [0.15, 0.2) is 0 Å². The van der Waals surface area contributed by atoms with Crippen LogP contribution in [0.3, 0.4) is 0 Å². The lowest BCUT2D eigenvalue weighted by molar-refractivity contribution is -0.138. The molecule has 1 N–H and O–H groups in total. The van der Waals surface area contributed by atoms with Gasteiger partial charge in [-0.15, -0.1) is 0 Å². The predicted octanol–water partition coefficient (Wildman–Crippen LogP) is 0.496. The van der Waals surface area contributed by atoms with E-state index in [-0.39, 0.29) is 12.1 Å². The maximum Gasteiger partial charge on any atom is 0.316 e. The molecule has 2 atom stereocenters. The minimum absolute atomic E-state index is 0.187. The maximum absolute atomic E-state index is 12.4. The highest BCUT2D eigenvalue weighted by Gasteiger charge is 2.34. The number of nitrogens with one attached hydrogen (secondary N) is 1. The summed E-state index contributed by atoms with van der Waals surface area (Å²) < 4.78 is 10.8. The van der Waals surface area contributed by atoms with Crippen molar-refractivity contribution in [1.82, 2.24) is 5.32 Å². The van der Waals surface area contributed by atoms with Crippen molar-refractivity contribution >= 4 is 17.5 Å². The molecule has 1 fully saturated rings. The van der Waals surface area contributed by atoms with Gasteiger partial charge in [0, 0.05) is 18.8 Å². The number of carbonyl (C=O) groups excluding carboxylic acids is 2. The molecule has 0 radical (unpaired) electrons. The zero-order valence-corrected chi connectivity index (χ0v) is 12.6. The second-order valence-electron chi connectivity index (χ2n) is 5.45. The molecule has 118 valence electrons. The molecule has 3 rings (SSSR count). The Balaban J connectivity index is 1.65. The van der Waals surface area contributed by atoms with E-state index in [1.54, 1.807) is 0 Å². The third-order valence-electron chi connectivity index (χ3n) is 4.05. The molecule has 0 unspecified atom stereocenters. The van der Waals surface area contributed by atoms with Crippen molar-refractivity contribution < 1.29 is 19.1 Å². The van der Waals surface area contributed by atoms with E-state index in [4.69, 9.17) is 9.47 Å². The van der Waals surface area contributed by atoms with Crippen LogP contribution in [0.25, 0.3) is 0 Å². The summed E-state index contributed by atoms with van der Waals surface area (Å²) in [6.07, 6.45) is 0.594. The summed E-state index contributed by atoms with van der Waals surface area (Å²) in [6, 6.07) is 7.40. The Kier molecular flexibility index (Phi) is 4.40. The molecule has 2 amide bonds. The summed E-state index contributed by atoms with van der Waals surface area (Å²) >= 11 is 0. The van der Waals surface area contributed by atoms with Crippen molar-refractivity contribution in [2.24, 2.45) is 0 Å². The van der Waals surface area contributed by atoms with Crippen molar-refractivity contribution in [3.63, 3.8) is 0 Å². The summed E-state index contributed by atoms with van der Waals surface area (Å²) in [4.78, 5) is 26.2. The van der Waals surface area contributed by atoms with Gasteiger partial charge in [0.25, 0.3) is 0 Å². The number of hydrogen-bond donors (Lipinski definition) is 1. The van der Waals surface area contributed by atoms with Crippen molar-refractivity contribution in [2.45, 2.75) is 25.5 Å². The number of benzene rings is 1. The maximum atomic E-state index is 12.4. The number of nitrogens with zero attached hydrogens (tertiary/aromatic N) is 1. The average Bonchev–Trinajstić information content (AvgIpc) is 3.14. The second-order valence-corrected chi connectivity index (χ2v) is 5.45. The average molecular weight is 304 g/mol. The minimum Gasteiger partial charge on any atom is -0.376 e. The minimum atomic E-state index is -0.600. The molecular weight excluding hydrogens is 284 g/mol. The molecule has 2 aliphatic rings. The van der Waals surface area contributed by atoms with Gasteiger partial charge in [0.1, 0.15) is 6.10 Å². The zero-order valence-electron chi connectivity index (χ0n) is 12.6. The van der Waals surface area contributed by atoms with Gasteiger partial charge in [-0.05, 0) is 25.0 Å². The molecule has 22 heavy (non-hydrogen) atoms. The Hall–Kier alpha value is -1.92. The van der Waals surface area contributed by atoms with Gasteiger partial charge < -0.3 is 19.7 Å². The summed E-state index contributed by atoms with van der Waals surface area (Å²) in [7, 11) is 0. The van der Waals surface area contributed by atoms with Gasteiger partial charge in [-0.1, -0.05) is 18.2 Å². The standard InChI is InChI=1S/C16H20N2O4/c1-2-22-14-10-21-9-12(14)17-15(19)16(20)18-8-7-11-5-3-4-6-13(11)18/h3-6,12,14H,2,7-10H2,1H3,(H,17,19)/t12-,14-/m0/s1. The van der Waals surface area contributed by atoms with Crippen molar-refractivity contribution in [2.75, 3.05) is 31.3 Å². The van der Waals surface area contributed by atoms with Crippen LogP contribution >= 0.6 is 0 Å². The van der Waals surface area contributed by atoms with E-state index in [0.717, 1.165) is 17.7 Å². The van der Waals surface area contributed by atoms with Crippen LogP contribution in [0.4, 0.5) is 5.69 Å². The van der Waals surface area contributed by atoms with Crippen LogP contribution in [0.2, 0.25) is 0 Å². The molecule has 1 saturated heterocycles. The lowest BCUT2D eigenvalue weighted by Gasteiger charge is -2.21. The Morgan fingerprint density at radius 2 is 2.18 bits per heavy atom. The number of anilines is 1. The van der Waals surface area contributed by atoms with Gasteiger partial charge in [0.05, 0.1) is 19.3 Å². The molecule has 0 bridgehead atoms. The molecule has 6 nitrogen and oxygen atoms in total. The van der Waals surface area contributed by atoms with E-state index in [2.05, 4.69) is 5.32 Å². The van der Waals surface area contributed by atoms with E-state index < -0.39 is 11.8 Å². The topological polar surface area (TPSA) is 67.9 Å². The molecule has 0 spiro atoms. The molecule has 1 aromatic rings. The fourth-order valence-corrected chi connectivity index (χ4v) is 2.95. The van der Waals surface area contributed by atoms with Gasteiger partial charge in [-0.2, -0.15) is 0 Å². The van der Waals surface area contributed by atoms with Crippen LogP contribution in [-0.2, 0) is 25.5 Å². The first-order valence-corrected chi connectivity index (χ1v) is 7.60. The van der Waals surface area contributed by atoms with Gasteiger partial charge in [0.2, 0.25) is 0 Å². The van der Waals surface area contributed by atoms with Crippen molar-refractivity contribution in [1.29, 1.82) is 0 Å². The lowest BCUT2D eigenvalue weighted by Crippen LogP contribution is -2.50. The third kappa shape index (κ3) is 2.84. The first-order valence-electron chi connectivity index (χ1n) is 7.60. The van der Waals surface area contributed by atoms with Gasteiger partial charge in [-0.25, -0.2) is 0 Å². The third-order valence-corrected chi connectivity index (χ3v) is 4.05. The quantitative estimate of drug-likeness (QED) is 0.826. The fourth-order valence-electron chi connectivity index (χ4n) is 2.95. The number of ether oxygens (including phenoxy) is 2. The number of para-hydroxylation sites is 1. The number of hydrogen-bond acceptors (Lipinski definition) is 4. The first-order chi connectivity index (χ1) is 10.7. The van der Waals surface area contributed by atoms with Gasteiger partial charge >= 0.3 is 11.8 Å². The second kappa shape index (κ2) is 6.46. The van der Waals surface area contributed by atoms with Crippen LogP contribution in [0, 0.1) is 0 Å². The molecular formula is C16H20N2O4. The van der Waals surface area contributed by atoms with E-state index in [1.165, 1.54) is 4.90 Å². The van der Waals surface area contributed by atoms with Crippen LogP contribution in [0.15, 0.2) is 24.3 Å². The Morgan fingerprint density at radius 1 is 1.36 bits per heavy atom. The molecule has 0 saturated carbocycles. The number of amides is 2. The smallest absolute Gasteiger partial charge is 0.316 e. The van der Waals surface area contributed by atoms with Crippen molar-refractivity contribution in [3.05, 3.63) is 29.8 Å². The van der Waals surface area contributed by atoms with Crippen LogP contribution in [0.5, 0.6) is 0 Å². The SMILES string of the molecule is CCO[C@H]1COC[C@@H]1NC(=O)C(=O)N1CCc2ccccc21. The van der Waals surface area contributed by atoms with Crippen LogP contribution in [-0.4, -0.2) is 50.3 Å². The normalized spacial score (nSPS) is 23.4. The summed E-state index contributed by atoms with van der Waals surface area (Å²) in [5.74, 6) is -1.12. The summed E-state index contributed by atoms with van der Waals surface area (Å²) in [5, 5.41) is 2.74. The lowest BCUT2D eigenvalue weighted by atomic mass is 10.2. The number of fused-ring (bicyclic) bond motifs is 1. The molecule has 0 aromatic heterocycles. The number of rotatable bonds is 3. The van der Waals surface area contributed by atoms with Crippen molar-refractivity contribution in [3.8, 4) is 0 Å². The monoisotopic (exact) mass is 304 g/mol. The molecule has 2 aliphatic heterocycles. The van der Waals surface area contributed by atoms with E-state index in [9.17, 15) is 9.59 Å². The fraction of sp³-hybridized carbons (Fsp3) is 0.500.